The molecule has 0 aliphatic rings. The summed E-state index contributed by atoms with van der Waals surface area (Å²) >= 11 is 5.96. The molecule has 1 aromatic carbocycles. The van der Waals surface area contributed by atoms with Crippen molar-refractivity contribution in [3.05, 3.63) is 34.9 Å². The smallest absolute Gasteiger partial charge is 0.0466 e. The molecule has 0 bridgehead atoms. The zero-order valence-corrected chi connectivity index (χ0v) is 14.6. The number of benzene rings is 1. The quantitative estimate of drug-likeness (QED) is 0.585. The van der Waals surface area contributed by atoms with Gasteiger partial charge in [0.1, 0.15) is 0 Å². The van der Waals surface area contributed by atoms with Crippen LogP contribution in [0.25, 0.3) is 0 Å². The molecule has 0 fully saturated rings. The summed E-state index contributed by atoms with van der Waals surface area (Å²) in [5, 5.41) is 4.40. The molecule has 3 heteroatoms. The lowest BCUT2D eigenvalue weighted by molar-refractivity contribution is 0.288. The number of nitrogens with zero attached hydrogens (tertiary/aromatic N) is 1. The largest absolute Gasteiger partial charge is 0.315 e. The van der Waals surface area contributed by atoms with Crippen molar-refractivity contribution in [3.8, 4) is 0 Å². The molecule has 0 amide bonds. The van der Waals surface area contributed by atoms with Gasteiger partial charge in [-0.15, -0.1) is 0 Å². The molecule has 1 unspecified atom stereocenters. The average Bonchev–Trinajstić information content (AvgIpc) is 2.47. The molecule has 0 spiro atoms. The summed E-state index contributed by atoms with van der Waals surface area (Å²) in [5.41, 5.74) is 1.32. The minimum atomic E-state index is 0.405. The van der Waals surface area contributed by atoms with E-state index in [1.807, 2.05) is 12.1 Å². The first-order chi connectivity index (χ1) is 10.1. The van der Waals surface area contributed by atoms with Crippen LogP contribution in [0.2, 0.25) is 5.02 Å². The lowest BCUT2D eigenvalue weighted by atomic mass is 10.1. The fourth-order valence-corrected chi connectivity index (χ4v) is 2.68. The lowest BCUT2D eigenvalue weighted by Crippen LogP contribution is -2.31. The topological polar surface area (TPSA) is 15.3 Å². The van der Waals surface area contributed by atoms with Crippen molar-refractivity contribution in [1.82, 2.24) is 10.2 Å². The molecule has 1 atom stereocenters. The number of hydrogen-bond donors (Lipinski definition) is 1. The van der Waals surface area contributed by atoms with Gasteiger partial charge in [-0.05, 0) is 44.8 Å². The van der Waals surface area contributed by atoms with E-state index in [-0.39, 0.29) is 0 Å². The number of likely N-dealkylation sites (N-methyl/N-ethyl adjacent to an activating group) is 1. The highest BCUT2D eigenvalue weighted by molar-refractivity contribution is 6.30. The number of rotatable bonds is 11. The first-order valence-corrected chi connectivity index (χ1v) is 8.65. The zero-order valence-electron chi connectivity index (χ0n) is 13.9. The fourth-order valence-electron chi connectivity index (χ4n) is 2.55. The van der Waals surface area contributed by atoms with E-state index in [2.05, 4.69) is 43.4 Å². The SMILES string of the molecule is CCCCCCCCNCC(c1ccc(Cl)cc1)N(C)C. The van der Waals surface area contributed by atoms with Crippen LogP contribution in [0.15, 0.2) is 24.3 Å². The van der Waals surface area contributed by atoms with E-state index in [9.17, 15) is 0 Å². The number of nitrogens with one attached hydrogen (secondary N) is 1. The Balaban J connectivity index is 2.24. The van der Waals surface area contributed by atoms with Crippen LogP contribution in [0.5, 0.6) is 0 Å². The van der Waals surface area contributed by atoms with Crippen molar-refractivity contribution in [2.24, 2.45) is 0 Å². The predicted octanol–water partition coefficient (Wildman–Crippen LogP) is 4.89. The molecule has 21 heavy (non-hydrogen) atoms. The zero-order chi connectivity index (χ0) is 15.5. The van der Waals surface area contributed by atoms with E-state index < -0.39 is 0 Å². The fraction of sp³-hybridized carbons (Fsp3) is 0.667. The third kappa shape index (κ3) is 7.85. The first kappa shape index (κ1) is 18.5. The molecule has 1 rings (SSSR count). The van der Waals surface area contributed by atoms with Gasteiger partial charge in [-0.2, -0.15) is 0 Å². The normalized spacial score (nSPS) is 12.8. The van der Waals surface area contributed by atoms with Crippen LogP contribution in [0, 0.1) is 0 Å². The Bertz CT molecular complexity index is 362. The van der Waals surface area contributed by atoms with Gasteiger partial charge < -0.3 is 10.2 Å². The summed E-state index contributed by atoms with van der Waals surface area (Å²) in [5.74, 6) is 0. The molecule has 1 N–H and O–H groups in total. The predicted molar refractivity (Wildman–Crippen MR) is 94.1 cm³/mol. The van der Waals surface area contributed by atoms with E-state index >= 15 is 0 Å². The first-order valence-electron chi connectivity index (χ1n) is 8.27. The molecule has 0 saturated carbocycles. The summed E-state index contributed by atoms with van der Waals surface area (Å²) in [7, 11) is 4.26. The summed E-state index contributed by atoms with van der Waals surface area (Å²) in [6.45, 7) is 4.37. The van der Waals surface area contributed by atoms with Crippen molar-refractivity contribution >= 4 is 11.6 Å². The average molecular weight is 311 g/mol. The Hall–Kier alpha value is -0.570. The van der Waals surface area contributed by atoms with Gasteiger partial charge in [0.05, 0.1) is 0 Å². The van der Waals surface area contributed by atoms with Gasteiger partial charge in [-0.25, -0.2) is 0 Å². The second-order valence-electron chi connectivity index (χ2n) is 6.00. The van der Waals surface area contributed by atoms with Gasteiger partial charge in [-0.3, -0.25) is 0 Å². The van der Waals surface area contributed by atoms with Gasteiger partial charge in [0.2, 0.25) is 0 Å². The molecule has 0 aliphatic heterocycles. The van der Waals surface area contributed by atoms with Crippen LogP contribution in [0.4, 0.5) is 0 Å². The van der Waals surface area contributed by atoms with Crippen molar-refractivity contribution in [1.29, 1.82) is 0 Å². The van der Waals surface area contributed by atoms with Crippen LogP contribution in [0.3, 0.4) is 0 Å². The maximum absolute atomic E-state index is 5.96. The Labute approximate surface area is 135 Å². The minimum absolute atomic E-state index is 0.405. The standard InChI is InChI=1S/C18H31ClN2/c1-4-5-6-7-8-9-14-20-15-18(21(2)3)16-10-12-17(19)13-11-16/h10-13,18,20H,4-9,14-15H2,1-3H3. The second-order valence-corrected chi connectivity index (χ2v) is 6.44. The van der Waals surface area contributed by atoms with Crippen LogP contribution < -0.4 is 5.32 Å². The second kappa shape index (κ2) is 11.1. The van der Waals surface area contributed by atoms with Gasteiger partial charge in [0, 0.05) is 17.6 Å². The Morgan fingerprint density at radius 3 is 2.24 bits per heavy atom. The summed E-state index contributed by atoms with van der Waals surface area (Å²) in [6.07, 6.45) is 8.10. The molecule has 0 aromatic heterocycles. The summed E-state index contributed by atoms with van der Waals surface area (Å²) in [4.78, 5) is 2.26. The third-order valence-corrected chi connectivity index (χ3v) is 4.17. The number of unbranched alkanes of at least 4 members (excludes halogenated alkanes) is 5. The molecule has 0 radical (unpaired) electrons. The number of hydrogen-bond acceptors (Lipinski definition) is 2. The summed E-state index contributed by atoms with van der Waals surface area (Å²) < 4.78 is 0. The van der Waals surface area contributed by atoms with Gasteiger partial charge in [0.25, 0.3) is 0 Å². The minimum Gasteiger partial charge on any atom is -0.315 e. The van der Waals surface area contributed by atoms with Crippen LogP contribution in [0.1, 0.15) is 57.1 Å². The van der Waals surface area contributed by atoms with Gasteiger partial charge in [0.15, 0.2) is 0 Å². The molecule has 120 valence electrons. The van der Waals surface area contributed by atoms with Crippen LogP contribution in [-0.2, 0) is 0 Å². The van der Waals surface area contributed by atoms with Gasteiger partial charge >= 0.3 is 0 Å². The highest BCUT2D eigenvalue weighted by atomic mass is 35.5. The maximum Gasteiger partial charge on any atom is 0.0466 e. The van der Waals surface area contributed by atoms with E-state index in [4.69, 9.17) is 11.6 Å². The molecule has 1 aromatic rings. The Morgan fingerprint density at radius 1 is 1.00 bits per heavy atom. The maximum atomic E-state index is 5.96. The molecule has 0 saturated heterocycles. The van der Waals surface area contributed by atoms with Crippen LogP contribution in [-0.4, -0.2) is 32.1 Å². The van der Waals surface area contributed by atoms with Crippen molar-refractivity contribution in [2.75, 3.05) is 27.2 Å². The van der Waals surface area contributed by atoms with Crippen molar-refractivity contribution < 1.29 is 0 Å². The third-order valence-electron chi connectivity index (χ3n) is 3.92. The highest BCUT2D eigenvalue weighted by Gasteiger charge is 2.13. The highest BCUT2D eigenvalue weighted by Crippen LogP contribution is 2.19. The van der Waals surface area contributed by atoms with Crippen molar-refractivity contribution in [3.63, 3.8) is 0 Å². The molecule has 0 aliphatic carbocycles. The van der Waals surface area contributed by atoms with E-state index in [0.717, 1.165) is 18.1 Å². The molecular formula is C18H31ClN2. The van der Waals surface area contributed by atoms with Gasteiger partial charge in [-0.1, -0.05) is 62.8 Å². The lowest BCUT2D eigenvalue weighted by Gasteiger charge is -2.25. The van der Waals surface area contributed by atoms with E-state index in [1.54, 1.807) is 0 Å². The number of halogens is 1. The van der Waals surface area contributed by atoms with Crippen LogP contribution >= 0.6 is 11.6 Å². The summed E-state index contributed by atoms with van der Waals surface area (Å²) in [6, 6.07) is 8.60. The monoisotopic (exact) mass is 310 g/mol. The molecule has 0 heterocycles. The molecule has 2 nitrogen and oxygen atoms in total. The molecular weight excluding hydrogens is 280 g/mol. The Kier molecular flexibility index (Phi) is 9.73. The Morgan fingerprint density at radius 2 is 1.62 bits per heavy atom. The van der Waals surface area contributed by atoms with E-state index in [1.165, 1.54) is 44.1 Å². The van der Waals surface area contributed by atoms with E-state index in [0.29, 0.717) is 6.04 Å². The van der Waals surface area contributed by atoms with Crippen molar-refractivity contribution in [2.45, 2.75) is 51.5 Å².